The zero-order valence-electron chi connectivity index (χ0n) is 13.4. The molecule has 0 bridgehead atoms. The maximum atomic E-state index is 3.55. The molecule has 0 spiro atoms. The summed E-state index contributed by atoms with van der Waals surface area (Å²) >= 11 is 0. The highest BCUT2D eigenvalue weighted by Crippen LogP contribution is 2.31. The van der Waals surface area contributed by atoms with E-state index in [4.69, 9.17) is 0 Å². The molecule has 2 nitrogen and oxygen atoms in total. The van der Waals surface area contributed by atoms with E-state index in [0.29, 0.717) is 12.1 Å². The van der Waals surface area contributed by atoms with Gasteiger partial charge in [0.2, 0.25) is 0 Å². The Bertz CT molecular complexity index is 227. The third kappa shape index (κ3) is 4.24. The lowest BCUT2D eigenvalue weighted by Crippen LogP contribution is -2.53. The van der Waals surface area contributed by atoms with Crippen LogP contribution in [0.4, 0.5) is 0 Å². The Balaban J connectivity index is 2.63. The minimum atomic E-state index is 0.687. The van der Waals surface area contributed by atoms with Crippen molar-refractivity contribution in [3.8, 4) is 0 Å². The summed E-state index contributed by atoms with van der Waals surface area (Å²) < 4.78 is 0. The number of likely N-dealkylation sites (N-methyl/N-ethyl adjacent to an activating group) is 2. The molecule has 1 N–H and O–H groups in total. The molecule has 1 aliphatic rings. The van der Waals surface area contributed by atoms with Gasteiger partial charge in [0, 0.05) is 18.1 Å². The smallest absolute Gasteiger partial charge is 0.0251 e. The summed E-state index contributed by atoms with van der Waals surface area (Å²) in [6.07, 6.45) is 6.78. The Hall–Kier alpha value is -0.0800. The first-order valence-corrected chi connectivity index (χ1v) is 7.88. The van der Waals surface area contributed by atoms with Gasteiger partial charge in [0.1, 0.15) is 0 Å². The van der Waals surface area contributed by atoms with Crippen LogP contribution in [0, 0.1) is 11.8 Å². The van der Waals surface area contributed by atoms with E-state index in [-0.39, 0.29) is 0 Å². The summed E-state index contributed by atoms with van der Waals surface area (Å²) in [5.41, 5.74) is 0. The zero-order valence-corrected chi connectivity index (χ0v) is 13.4. The summed E-state index contributed by atoms with van der Waals surface area (Å²) in [7, 11) is 4.46. The monoisotopic (exact) mass is 254 g/mol. The minimum Gasteiger partial charge on any atom is -0.315 e. The molecule has 0 aromatic heterocycles. The van der Waals surface area contributed by atoms with Crippen molar-refractivity contribution in [3.63, 3.8) is 0 Å². The van der Waals surface area contributed by atoms with Crippen LogP contribution in [0.2, 0.25) is 0 Å². The predicted molar refractivity (Wildman–Crippen MR) is 80.9 cm³/mol. The van der Waals surface area contributed by atoms with Crippen LogP contribution in [-0.2, 0) is 0 Å². The quantitative estimate of drug-likeness (QED) is 0.780. The maximum Gasteiger partial charge on any atom is 0.0251 e. The van der Waals surface area contributed by atoms with Crippen molar-refractivity contribution < 1.29 is 0 Å². The van der Waals surface area contributed by atoms with Gasteiger partial charge in [-0.3, -0.25) is 4.90 Å². The number of nitrogens with zero attached hydrogens (tertiary/aromatic N) is 1. The van der Waals surface area contributed by atoms with Crippen LogP contribution in [0.25, 0.3) is 0 Å². The largest absolute Gasteiger partial charge is 0.315 e. The molecular formula is C16H34N2. The molecular weight excluding hydrogens is 220 g/mol. The second-order valence-corrected chi connectivity index (χ2v) is 6.69. The number of rotatable bonds is 6. The second kappa shape index (κ2) is 7.49. The lowest BCUT2D eigenvalue weighted by molar-refractivity contribution is 0.0831. The normalized spacial score (nSPS) is 31.0. The van der Waals surface area contributed by atoms with Crippen LogP contribution in [0.1, 0.15) is 59.8 Å². The van der Waals surface area contributed by atoms with Crippen molar-refractivity contribution in [1.82, 2.24) is 10.2 Å². The van der Waals surface area contributed by atoms with Crippen LogP contribution < -0.4 is 5.32 Å². The van der Waals surface area contributed by atoms with E-state index in [1.165, 1.54) is 32.1 Å². The van der Waals surface area contributed by atoms with Crippen LogP contribution in [0.3, 0.4) is 0 Å². The van der Waals surface area contributed by atoms with Crippen molar-refractivity contribution >= 4 is 0 Å². The molecule has 1 aliphatic carbocycles. The summed E-state index contributed by atoms with van der Waals surface area (Å²) in [6, 6.07) is 2.11. The van der Waals surface area contributed by atoms with Crippen molar-refractivity contribution in [2.24, 2.45) is 11.8 Å². The number of hydrogen-bond acceptors (Lipinski definition) is 2. The van der Waals surface area contributed by atoms with Gasteiger partial charge in [0.05, 0.1) is 0 Å². The van der Waals surface area contributed by atoms with Gasteiger partial charge >= 0.3 is 0 Å². The van der Waals surface area contributed by atoms with E-state index in [0.717, 1.165) is 17.9 Å². The van der Waals surface area contributed by atoms with Crippen LogP contribution in [-0.4, -0.2) is 37.1 Å². The summed E-state index contributed by atoms with van der Waals surface area (Å²) in [5, 5.41) is 3.55. The first kappa shape index (κ1) is 16.0. The molecule has 0 aromatic rings. The van der Waals surface area contributed by atoms with Gasteiger partial charge in [-0.25, -0.2) is 0 Å². The molecule has 0 saturated heterocycles. The predicted octanol–water partition coefficient (Wildman–Crippen LogP) is 3.52. The van der Waals surface area contributed by atoms with E-state index in [2.05, 4.69) is 52.0 Å². The fourth-order valence-corrected chi connectivity index (χ4v) is 3.56. The number of nitrogens with one attached hydrogen (secondary N) is 1. The molecule has 1 fully saturated rings. The standard InChI is InChI=1S/C16H34N2/c1-7-14-8-9-15(17-5)16(11-14)18(6)13(4)10-12(2)3/h12-17H,7-11H2,1-6H3. The number of hydrogen-bond donors (Lipinski definition) is 1. The molecule has 0 aliphatic heterocycles. The van der Waals surface area contributed by atoms with Gasteiger partial charge in [-0.1, -0.05) is 27.2 Å². The Morgan fingerprint density at radius 2 is 1.89 bits per heavy atom. The average Bonchev–Trinajstić information content (AvgIpc) is 2.36. The Morgan fingerprint density at radius 1 is 1.22 bits per heavy atom. The van der Waals surface area contributed by atoms with Crippen LogP contribution in [0.15, 0.2) is 0 Å². The van der Waals surface area contributed by atoms with E-state index >= 15 is 0 Å². The van der Waals surface area contributed by atoms with Crippen molar-refractivity contribution in [3.05, 3.63) is 0 Å². The van der Waals surface area contributed by atoms with Gasteiger partial charge in [0.25, 0.3) is 0 Å². The van der Waals surface area contributed by atoms with Crippen molar-refractivity contribution in [1.29, 1.82) is 0 Å². The van der Waals surface area contributed by atoms with Gasteiger partial charge in [-0.05, 0) is 58.5 Å². The third-order valence-corrected chi connectivity index (χ3v) is 4.90. The highest BCUT2D eigenvalue weighted by atomic mass is 15.2. The van der Waals surface area contributed by atoms with Crippen LogP contribution in [0.5, 0.6) is 0 Å². The second-order valence-electron chi connectivity index (χ2n) is 6.69. The summed E-state index contributed by atoms with van der Waals surface area (Å²) in [5.74, 6) is 1.73. The molecule has 1 rings (SSSR count). The van der Waals surface area contributed by atoms with Crippen molar-refractivity contribution in [2.75, 3.05) is 14.1 Å². The van der Waals surface area contributed by atoms with Gasteiger partial charge < -0.3 is 5.32 Å². The minimum absolute atomic E-state index is 0.687. The third-order valence-electron chi connectivity index (χ3n) is 4.90. The van der Waals surface area contributed by atoms with Gasteiger partial charge in [0.15, 0.2) is 0 Å². The molecule has 0 aromatic carbocycles. The molecule has 0 heterocycles. The summed E-state index contributed by atoms with van der Waals surface area (Å²) in [4.78, 5) is 2.64. The first-order chi connectivity index (χ1) is 8.49. The van der Waals surface area contributed by atoms with Gasteiger partial charge in [-0.2, -0.15) is 0 Å². The molecule has 18 heavy (non-hydrogen) atoms. The molecule has 108 valence electrons. The van der Waals surface area contributed by atoms with E-state index in [1.807, 2.05) is 0 Å². The van der Waals surface area contributed by atoms with Crippen LogP contribution >= 0.6 is 0 Å². The molecule has 4 unspecified atom stereocenters. The highest BCUT2D eigenvalue weighted by molar-refractivity contribution is 4.91. The Kier molecular flexibility index (Phi) is 6.65. The Morgan fingerprint density at radius 3 is 2.39 bits per heavy atom. The lowest BCUT2D eigenvalue weighted by Gasteiger charge is -2.43. The van der Waals surface area contributed by atoms with E-state index < -0.39 is 0 Å². The lowest BCUT2D eigenvalue weighted by atomic mass is 9.80. The molecule has 1 saturated carbocycles. The molecule has 0 amide bonds. The fraction of sp³-hybridized carbons (Fsp3) is 1.00. The topological polar surface area (TPSA) is 15.3 Å². The maximum absolute atomic E-state index is 3.55. The first-order valence-electron chi connectivity index (χ1n) is 7.88. The Labute approximate surface area is 115 Å². The highest BCUT2D eigenvalue weighted by Gasteiger charge is 2.33. The molecule has 2 heteroatoms. The molecule has 0 radical (unpaired) electrons. The van der Waals surface area contributed by atoms with E-state index in [9.17, 15) is 0 Å². The van der Waals surface area contributed by atoms with Crippen molar-refractivity contribution in [2.45, 2.75) is 77.9 Å². The average molecular weight is 254 g/mol. The summed E-state index contributed by atoms with van der Waals surface area (Å²) in [6.45, 7) is 9.40. The fourth-order valence-electron chi connectivity index (χ4n) is 3.56. The van der Waals surface area contributed by atoms with E-state index in [1.54, 1.807) is 0 Å². The van der Waals surface area contributed by atoms with Gasteiger partial charge in [-0.15, -0.1) is 0 Å². The zero-order chi connectivity index (χ0) is 13.7. The SMILES string of the molecule is CCC1CCC(NC)C(N(C)C(C)CC(C)C)C1. The molecule has 4 atom stereocenters.